The Kier molecular flexibility index (Phi) is 5.13. The first-order chi connectivity index (χ1) is 12.8. The monoisotopic (exact) mass is 394 g/mol. The minimum Gasteiger partial charge on any atom is -0.434 e. The van der Waals surface area contributed by atoms with Crippen molar-refractivity contribution >= 4 is 35.2 Å². The molecule has 0 fully saturated rings. The summed E-state index contributed by atoms with van der Waals surface area (Å²) in [5.41, 5.74) is -0.137. The van der Waals surface area contributed by atoms with Gasteiger partial charge in [-0.25, -0.2) is 9.79 Å². The van der Waals surface area contributed by atoms with Gasteiger partial charge in [-0.1, -0.05) is 29.8 Å². The summed E-state index contributed by atoms with van der Waals surface area (Å²) in [6, 6.07) is 9.63. The summed E-state index contributed by atoms with van der Waals surface area (Å²) in [7, 11) is 0. The molecule has 1 aliphatic heterocycles. The van der Waals surface area contributed by atoms with Gasteiger partial charge in [-0.2, -0.15) is 8.78 Å². The molecule has 1 heterocycles. The van der Waals surface area contributed by atoms with Crippen LogP contribution in [0.4, 0.5) is 14.5 Å². The van der Waals surface area contributed by atoms with Crippen molar-refractivity contribution in [3.8, 4) is 5.75 Å². The molecule has 0 unspecified atom stereocenters. The fourth-order valence-electron chi connectivity index (χ4n) is 2.28. The minimum atomic E-state index is -3.06. The van der Waals surface area contributed by atoms with Crippen LogP contribution in [-0.4, -0.2) is 23.4 Å². The summed E-state index contributed by atoms with van der Waals surface area (Å²) >= 11 is 5.74. The van der Waals surface area contributed by atoms with Crippen molar-refractivity contribution in [3.05, 3.63) is 74.4 Å². The number of esters is 1. The van der Waals surface area contributed by atoms with E-state index >= 15 is 0 Å². The van der Waals surface area contributed by atoms with Crippen LogP contribution >= 0.6 is 11.6 Å². The summed E-state index contributed by atoms with van der Waals surface area (Å²) in [6.45, 7) is -3.06. The van der Waals surface area contributed by atoms with Crippen molar-refractivity contribution in [2.45, 2.75) is 6.61 Å². The normalized spacial score (nSPS) is 15.0. The summed E-state index contributed by atoms with van der Waals surface area (Å²) in [5.74, 6) is -1.26. The number of carbonyl (C=O) groups is 1. The highest BCUT2D eigenvalue weighted by molar-refractivity contribution is 6.32. The molecule has 0 aliphatic carbocycles. The van der Waals surface area contributed by atoms with Crippen LogP contribution in [-0.2, 0) is 9.53 Å². The zero-order chi connectivity index (χ0) is 19.6. The van der Waals surface area contributed by atoms with Crippen LogP contribution in [0.15, 0.2) is 53.2 Å². The van der Waals surface area contributed by atoms with Crippen molar-refractivity contribution in [1.82, 2.24) is 0 Å². The van der Waals surface area contributed by atoms with E-state index in [2.05, 4.69) is 9.73 Å². The lowest BCUT2D eigenvalue weighted by molar-refractivity contribution is -0.384. The van der Waals surface area contributed by atoms with Crippen LogP contribution in [0.2, 0.25) is 5.02 Å². The molecular formula is C17H9ClF2N2O5. The van der Waals surface area contributed by atoms with E-state index in [1.807, 2.05) is 0 Å². The number of nitrogens with zero attached hydrogens (tertiary/aromatic N) is 2. The SMILES string of the molecule is O=C1OC(c2ccccc2OC(F)F)=N/C1=C\c1ccc(Cl)c([N+](=O)[O-])c1. The number of halogens is 3. The molecular weight excluding hydrogens is 386 g/mol. The number of benzene rings is 2. The Labute approximate surface area is 155 Å². The zero-order valence-corrected chi connectivity index (χ0v) is 14.0. The molecule has 0 atom stereocenters. The summed E-state index contributed by atoms with van der Waals surface area (Å²) < 4.78 is 34.4. The number of para-hydroxylation sites is 1. The van der Waals surface area contributed by atoms with E-state index in [-0.39, 0.29) is 33.6 Å². The van der Waals surface area contributed by atoms with Crippen molar-refractivity contribution in [2.75, 3.05) is 0 Å². The summed E-state index contributed by atoms with van der Waals surface area (Å²) in [5, 5.41) is 10.9. The van der Waals surface area contributed by atoms with E-state index in [1.165, 1.54) is 48.5 Å². The highest BCUT2D eigenvalue weighted by atomic mass is 35.5. The fourth-order valence-corrected chi connectivity index (χ4v) is 2.47. The number of carbonyl (C=O) groups excluding carboxylic acids is 1. The van der Waals surface area contributed by atoms with E-state index < -0.39 is 17.5 Å². The molecule has 0 aromatic heterocycles. The molecule has 10 heteroatoms. The Morgan fingerprint density at radius 1 is 1.26 bits per heavy atom. The Morgan fingerprint density at radius 3 is 2.70 bits per heavy atom. The van der Waals surface area contributed by atoms with Crippen molar-refractivity contribution in [2.24, 2.45) is 4.99 Å². The second kappa shape index (κ2) is 7.50. The largest absolute Gasteiger partial charge is 0.434 e. The average Bonchev–Trinajstić information content (AvgIpc) is 2.97. The second-order valence-corrected chi connectivity index (χ2v) is 5.59. The standard InChI is InChI=1S/C17H9ClF2N2O5/c18-11-6-5-9(8-13(11)22(24)25)7-12-16(23)27-15(21-12)10-3-1-2-4-14(10)26-17(19)20/h1-8,17H/b12-7-. The number of nitro benzene ring substituents is 1. The fraction of sp³-hybridized carbons (Fsp3) is 0.0588. The molecule has 3 rings (SSSR count). The van der Waals surface area contributed by atoms with E-state index in [0.29, 0.717) is 5.56 Å². The third-order valence-electron chi connectivity index (χ3n) is 3.42. The van der Waals surface area contributed by atoms with Gasteiger partial charge in [0.1, 0.15) is 10.8 Å². The molecule has 7 nitrogen and oxygen atoms in total. The number of nitro groups is 1. The Bertz CT molecular complexity index is 991. The molecule has 1 aliphatic rings. The molecule has 0 bridgehead atoms. The van der Waals surface area contributed by atoms with Gasteiger partial charge in [0.2, 0.25) is 5.90 Å². The maximum atomic E-state index is 12.5. The average molecular weight is 395 g/mol. The van der Waals surface area contributed by atoms with Crippen molar-refractivity contribution in [1.29, 1.82) is 0 Å². The van der Waals surface area contributed by atoms with Gasteiger partial charge >= 0.3 is 12.6 Å². The van der Waals surface area contributed by atoms with Crippen LogP contribution in [0.1, 0.15) is 11.1 Å². The van der Waals surface area contributed by atoms with E-state index in [9.17, 15) is 23.7 Å². The lowest BCUT2D eigenvalue weighted by atomic mass is 10.1. The molecule has 138 valence electrons. The predicted octanol–water partition coefficient (Wildman–Crippen LogP) is 4.19. The summed E-state index contributed by atoms with van der Waals surface area (Å²) in [4.78, 5) is 26.3. The van der Waals surface area contributed by atoms with Crippen molar-refractivity contribution in [3.63, 3.8) is 0 Å². The highest BCUT2D eigenvalue weighted by Crippen LogP contribution is 2.29. The molecule has 2 aromatic rings. The quantitative estimate of drug-likeness (QED) is 0.328. The van der Waals surface area contributed by atoms with E-state index in [0.717, 1.165) is 0 Å². The predicted molar refractivity (Wildman–Crippen MR) is 91.8 cm³/mol. The molecule has 0 spiro atoms. The maximum Gasteiger partial charge on any atom is 0.387 e. The first-order valence-electron chi connectivity index (χ1n) is 7.36. The van der Waals surface area contributed by atoms with Gasteiger partial charge in [-0.05, 0) is 29.8 Å². The Balaban J connectivity index is 1.97. The zero-order valence-electron chi connectivity index (χ0n) is 13.3. The molecule has 0 saturated heterocycles. The Morgan fingerprint density at radius 2 is 2.00 bits per heavy atom. The van der Waals surface area contributed by atoms with Gasteiger partial charge in [0.25, 0.3) is 5.69 Å². The number of aliphatic imine (C=N–C) groups is 1. The molecule has 27 heavy (non-hydrogen) atoms. The molecule has 0 saturated carbocycles. The number of hydrogen-bond donors (Lipinski definition) is 0. The molecule has 2 aromatic carbocycles. The number of cyclic esters (lactones) is 1. The maximum absolute atomic E-state index is 12.5. The van der Waals surface area contributed by atoms with Crippen molar-refractivity contribution < 1.29 is 28.0 Å². The van der Waals surface area contributed by atoms with E-state index in [4.69, 9.17) is 16.3 Å². The van der Waals surface area contributed by atoms with Crippen LogP contribution in [0.5, 0.6) is 5.75 Å². The highest BCUT2D eigenvalue weighted by Gasteiger charge is 2.27. The molecule has 0 radical (unpaired) electrons. The van der Waals surface area contributed by atoms with Gasteiger partial charge in [0.05, 0.1) is 10.5 Å². The van der Waals surface area contributed by atoms with Crippen LogP contribution < -0.4 is 4.74 Å². The molecule has 0 N–H and O–H groups in total. The lowest BCUT2D eigenvalue weighted by Crippen LogP contribution is -2.10. The van der Waals surface area contributed by atoms with Gasteiger partial charge in [0, 0.05) is 6.07 Å². The number of alkyl halides is 2. The third-order valence-corrected chi connectivity index (χ3v) is 3.74. The Hall–Kier alpha value is -3.33. The summed E-state index contributed by atoms with van der Waals surface area (Å²) in [6.07, 6.45) is 1.26. The van der Waals surface area contributed by atoms with Crippen LogP contribution in [0.3, 0.4) is 0 Å². The minimum absolute atomic E-state index is 0.0570. The second-order valence-electron chi connectivity index (χ2n) is 5.18. The first kappa shape index (κ1) is 18.5. The lowest BCUT2D eigenvalue weighted by Gasteiger charge is -2.08. The number of rotatable bonds is 5. The van der Waals surface area contributed by atoms with Gasteiger partial charge in [0.15, 0.2) is 5.70 Å². The topological polar surface area (TPSA) is 91.0 Å². The van der Waals surface area contributed by atoms with Gasteiger partial charge in [-0.3, -0.25) is 10.1 Å². The smallest absolute Gasteiger partial charge is 0.387 e. The molecule has 0 amide bonds. The number of ether oxygens (including phenoxy) is 2. The van der Waals surface area contributed by atoms with Crippen LogP contribution in [0.25, 0.3) is 6.08 Å². The number of hydrogen-bond acceptors (Lipinski definition) is 6. The first-order valence-corrected chi connectivity index (χ1v) is 7.73. The van der Waals surface area contributed by atoms with Crippen LogP contribution in [0, 0.1) is 10.1 Å². The third kappa shape index (κ3) is 4.09. The van der Waals surface area contributed by atoms with Gasteiger partial charge < -0.3 is 9.47 Å². The van der Waals surface area contributed by atoms with E-state index in [1.54, 1.807) is 0 Å². The van der Waals surface area contributed by atoms with Gasteiger partial charge in [-0.15, -0.1) is 0 Å².